The zero-order valence-corrected chi connectivity index (χ0v) is 10.8. The van der Waals surface area contributed by atoms with Gasteiger partial charge in [-0.2, -0.15) is 5.10 Å². The van der Waals surface area contributed by atoms with Gasteiger partial charge in [0, 0.05) is 24.6 Å². The number of H-pyrrole nitrogens is 1. The first-order chi connectivity index (χ1) is 8.28. The lowest BCUT2D eigenvalue weighted by atomic mass is 10.1. The molecule has 0 aliphatic heterocycles. The summed E-state index contributed by atoms with van der Waals surface area (Å²) in [4.78, 5) is 23.0. The molecule has 0 radical (unpaired) electrons. The van der Waals surface area contributed by atoms with E-state index in [4.69, 9.17) is 5.73 Å². The Morgan fingerprint density at radius 2 is 2.11 bits per heavy atom. The zero-order valence-electron chi connectivity index (χ0n) is 10.8. The van der Waals surface area contributed by atoms with Crippen LogP contribution in [0.5, 0.6) is 0 Å². The molecule has 0 aromatic carbocycles. The largest absolute Gasteiger partial charge is 0.382 e. The van der Waals surface area contributed by atoms with Gasteiger partial charge in [0.1, 0.15) is 11.5 Å². The maximum absolute atomic E-state index is 11.6. The van der Waals surface area contributed by atoms with Crippen molar-refractivity contribution in [1.82, 2.24) is 20.8 Å². The maximum atomic E-state index is 11.6. The van der Waals surface area contributed by atoms with Crippen molar-refractivity contribution in [2.45, 2.75) is 32.7 Å². The Hall–Kier alpha value is -2.05. The molecule has 0 aliphatic rings. The van der Waals surface area contributed by atoms with Crippen LogP contribution in [0.4, 0.5) is 5.82 Å². The lowest BCUT2D eigenvalue weighted by Crippen LogP contribution is -2.42. The van der Waals surface area contributed by atoms with Crippen molar-refractivity contribution in [1.29, 1.82) is 0 Å². The Balaban J connectivity index is 2.30. The van der Waals surface area contributed by atoms with E-state index in [0.29, 0.717) is 0 Å². The summed E-state index contributed by atoms with van der Waals surface area (Å²) < 4.78 is 0. The van der Waals surface area contributed by atoms with Crippen molar-refractivity contribution >= 4 is 17.6 Å². The molecule has 1 aromatic heterocycles. The molecule has 0 aliphatic carbocycles. The number of rotatable bonds is 4. The Kier molecular flexibility index (Phi) is 4.30. The topological polar surface area (TPSA) is 113 Å². The molecule has 7 nitrogen and oxygen atoms in total. The van der Waals surface area contributed by atoms with Gasteiger partial charge in [0.15, 0.2) is 0 Å². The molecule has 0 saturated heterocycles. The predicted octanol–water partition coefficient (Wildman–Crippen LogP) is 0.0265. The quantitative estimate of drug-likeness (QED) is 0.606. The van der Waals surface area contributed by atoms with Crippen LogP contribution in [0.2, 0.25) is 0 Å². The lowest BCUT2D eigenvalue weighted by molar-refractivity contribution is -0.122. The van der Waals surface area contributed by atoms with Crippen LogP contribution in [0.3, 0.4) is 0 Å². The molecule has 1 aromatic rings. The van der Waals surface area contributed by atoms with E-state index < -0.39 is 0 Å². The molecular formula is C11H19N5O2. The smallest absolute Gasteiger partial charge is 0.269 e. The molecule has 5 N–H and O–H groups in total. The molecule has 0 spiro atoms. The number of amides is 2. The summed E-state index contributed by atoms with van der Waals surface area (Å²) in [5, 5.41) is 11.5. The number of nitrogens with zero attached hydrogens (tertiary/aromatic N) is 1. The van der Waals surface area contributed by atoms with Crippen LogP contribution in [0.15, 0.2) is 6.07 Å². The number of aromatic nitrogens is 2. The molecular weight excluding hydrogens is 234 g/mol. The average Bonchev–Trinajstić information content (AvgIpc) is 2.62. The van der Waals surface area contributed by atoms with Crippen LogP contribution in [-0.4, -0.2) is 34.1 Å². The van der Waals surface area contributed by atoms with E-state index >= 15 is 0 Å². The minimum absolute atomic E-state index is 0.105. The number of carbonyl (C=O) groups excluding carboxylic acids is 2. The summed E-state index contributed by atoms with van der Waals surface area (Å²) in [6.07, 6.45) is 0.229. The summed E-state index contributed by atoms with van der Waals surface area (Å²) in [6, 6.07) is 1.44. The van der Waals surface area contributed by atoms with E-state index in [0.717, 1.165) is 0 Å². The van der Waals surface area contributed by atoms with E-state index in [2.05, 4.69) is 20.8 Å². The van der Waals surface area contributed by atoms with Crippen LogP contribution < -0.4 is 16.4 Å². The second kappa shape index (κ2) is 5.52. The van der Waals surface area contributed by atoms with Gasteiger partial charge in [0.25, 0.3) is 5.91 Å². The molecule has 0 bridgehead atoms. The van der Waals surface area contributed by atoms with Crippen molar-refractivity contribution < 1.29 is 9.59 Å². The average molecular weight is 253 g/mol. The molecule has 0 unspecified atom stereocenters. The van der Waals surface area contributed by atoms with E-state index in [9.17, 15) is 9.59 Å². The molecule has 1 heterocycles. The molecule has 18 heavy (non-hydrogen) atoms. The second-order valence-corrected chi connectivity index (χ2v) is 5.01. The number of nitrogens with two attached hydrogens (primary N) is 1. The number of anilines is 1. The monoisotopic (exact) mass is 253 g/mol. The summed E-state index contributed by atoms with van der Waals surface area (Å²) in [6.45, 7) is 5.96. The van der Waals surface area contributed by atoms with Gasteiger partial charge in [-0.25, -0.2) is 0 Å². The van der Waals surface area contributed by atoms with Crippen LogP contribution in [0.1, 0.15) is 37.7 Å². The van der Waals surface area contributed by atoms with Gasteiger partial charge in [0.2, 0.25) is 5.91 Å². The normalized spacial score (nSPS) is 11.1. The van der Waals surface area contributed by atoms with Crippen LogP contribution >= 0.6 is 0 Å². The first-order valence-electron chi connectivity index (χ1n) is 5.68. The Bertz CT molecular complexity index is 433. The standard InChI is InChI=1S/C11H19N5O2/c1-11(2,3)14-9(17)4-5-13-10(18)7-6-8(12)16-15-7/h6H,4-5H2,1-3H3,(H,13,18)(H,14,17)(H3,12,15,16). The predicted molar refractivity (Wildman–Crippen MR) is 67.8 cm³/mol. The van der Waals surface area contributed by atoms with E-state index in [1.807, 2.05) is 20.8 Å². The number of nitrogens with one attached hydrogen (secondary N) is 3. The van der Waals surface area contributed by atoms with Crippen LogP contribution in [0, 0.1) is 0 Å². The maximum Gasteiger partial charge on any atom is 0.269 e. The highest BCUT2D eigenvalue weighted by Crippen LogP contribution is 2.00. The SMILES string of the molecule is CC(C)(C)NC(=O)CCNC(=O)c1cc(N)n[nH]1. The molecule has 0 atom stereocenters. The van der Waals surface area contributed by atoms with E-state index in [1.54, 1.807) is 0 Å². The summed E-state index contributed by atoms with van der Waals surface area (Å²) in [5.74, 6) is -0.180. The van der Waals surface area contributed by atoms with Crippen molar-refractivity contribution in [2.24, 2.45) is 0 Å². The van der Waals surface area contributed by atoms with Crippen molar-refractivity contribution in [3.63, 3.8) is 0 Å². The molecule has 100 valence electrons. The fourth-order valence-corrected chi connectivity index (χ4v) is 1.32. The molecule has 0 fully saturated rings. The number of hydrogen-bond donors (Lipinski definition) is 4. The number of nitrogen functional groups attached to an aromatic ring is 1. The summed E-state index contributed by atoms with van der Waals surface area (Å²) in [7, 11) is 0. The molecule has 2 amide bonds. The summed E-state index contributed by atoms with van der Waals surface area (Å²) in [5.41, 5.74) is 5.39. The third-order valence-electron chi connectivity index (χ3n) is 1.99. The Labute approximate surface area is 106 Å². The number of hydrogen-bond acceptors (Lipinski definition) is 4. The Morgan fingerprint density at radius 3 is 2.61 bits per heavy atom. The second-order valence-electron chi connectivity index (χ2n) is 5.01. The first kappa shape index (κ1) is 14.0. The Morgan fingerprint density at radius 1 is 1.44 bits per heavy atom. The van der Waals surface area contributed by atoms with Gasteiger partial charge in [-0.3, -0.25) is 14.7 Å². The third-order valence-corrected chi connectivity index (χ3v) is 1.99. The first-order valence-corrected chi connectivity index (χ1v) is 5.68. The zero-order chi connectivity index (χ0) is 13.8. The van der Waals surface area contributed by atoms with Gasteiger partial charge in [-0.05, 0) is 20.8 Å². The highest BCUT2D eigenvalue weighted by atomic mass is 16.2. The van der Waals surface area contributed by atoms with Crippen LogP contribution in [-0.2, 0) is 4.79 Å². The van der Waals surface area contributed by atoms with Crippen molar-refractivity contribution in [3.05, 3.63) is 11.8 Å². The van der Waals surface area contributed by atoms with Gasteiger partial charge in [-0.1, -0.05) is 0 Å². The van der Waals surface area contributed by atoms with E-state index in [-0.39, 0.29) is 41.8 Å². The van der Waals surface area contributed by atoms with Gasteiger partial charge >= 0.3 is 0 Å². The van der Waals surface area contributed by atoms with Crippen LogP contribution in [0.25, 0.3) is 0 Å². The minimum Gasteiger partial charge on any atom is -0.382 e. The highest BCUT2D eigenvalue weighted by Gasteiger charge is 2.14. The molecule has 7 heteroatoms. The minimum atomic E-state index is -0.331. The summed E-state index contributed by atoms with van der Waals surface area (Å²) >= 11 is 0. The van der Waals surface area contributed by atoms with Crippen molar-refractivity contribution in [2.75, 3.05) is 12.3 Å². The van der Waals surface area contributed by atoms with Crippen molar-refractivity contribution in [3.8, 4) is 0 Å². The molecule has 1 rings (SSSR count). The lowest BCUT2D eigenvalue weighted by Gasteiger charge is -2.20. The highest BCUT2D eigenvalue weighted by molar-refractivity contribution is 5.93. The van der Waals surface area contributed by atoms with Gasteiger partial charge < -0.3 is 16.4 Å². The third kappa shape index (κ3) is 4.86. The molecule has 0 saturated carbocycles. The number of carbonyl (C=O) groups is 2. The van der Waals surface area contributed by atoms with Gasteiger partial charge in [0.05, 0.1) is 0 Å². The van der Waals surface area contributed by atoms with E-state index in [1.165, 1.54) is 6.07 Å². The van der Waals surface area contributed by atoms with Gasteiger partial charge in [-0.15, -0.1) is 0 Å². The number of aromatic amines is 1. The fourth-order valence-electron chi connectivity index (χ4n) is 1.32. The fraction of sp³-hybridized carbons (Fsp3) is 0.545.